The minimum Gasteiger partial charge on any atom is -0.480 e. The molecule has 1 fully saturated rings. The average Bonchev–Trinajstić information content (AvgIpc) is 2.91. The predicted molar refractivity (Wildman–Crippen MR) is 107 cm³/mol. The monoisotopic (exact) mass is 384 g/mol. The highest BCUT2D eigenvalue weighted by Gasteiger charge is 2.34. The van der Waals surface area contributed by atoms with Crippen LogP contribution in [0.4, 0.5) is 0 Å². The summed E-state index contributed by atoms with van der Waals surface area (Å²) in [5.74, 6) is -0.820. The number of nitrogens with one attached hydrogen (secondary N) is 1. The molecule has 28 heavy (non-hydrogen) atoms. The maximum absolute atomic E-state index is 12.5. The van der Waals surface area contributed by atoms with Gasteiger partial charge in [-0.05, 0) is 45.4 Å². The van der Waals surface area contributed by atoms with E-state index in [9.17, 15) is 9.59 Å². The lowest BCUT2D eigenvalue weighted by Gasteiger charge is -2.42. The van der Waals surface area contributed by atoms with Crippen molar-refractivity contribution in [3.8, 4) is 5.69 Å². The van der Waals surface area contributed by atoms with Gasteiger partial charge in [-0.25, -0.2) is 4.68 Å². The first-order chi connectivity index (χ1) is 13.4. The van der Waals surface area contributed by atoms with Crippen LogP contribution in [0.5, 0.6) is 0 Å². The molecule has 1 aromatic carbocycles. The zero-order valence-electron chi connectivity index (χ0n) is 16.7. The van der Waals surface area contributed by atoms with Crippen LogP contribution in [-0.2, 0) is 16.0 Å². The molecule has 2 N–H and O–H groups in total. The number of benzene rings is 1. The summed E-state index contributed by atoms with van der Waals surface area (Å²) in [6.45, 7) is 6.64. The van der Waals surface area contributed by atoms with Crippen molar-refractivity contribution in [2.75, 3.05) is 13.1 Å². The number of carboxylic acids is 1. The molecular weight excluding hydrogens is 356 g/mol. The molecule has 0 atom stereocenters. The summed E-state index contributed by atoms with van der Waals surface area (Å²) >= 11 is 0. The summed E-state index contributed by atoms with van der Waals surface area (Å²) in [4.78, 5) is 25.4. The van der Waals surface area contributed by atoms with Gasteiger partial charge < -0.3 is 10.4 Å². The fraction of sp³-hybridized carbons (Fsp3) is 0.476. The minimum atomic E-state index is -0.810. The van der Waals surface area contributed by atoms with Gasteiger partial charge in [0.2, 0.25) is 5.91 Å². The number of hydrogen-bond donors (Lipinski definition) is 2. The number of aliphatic carboxylic acids is 1. The van der Waals surface area contributed by atoms with Crippen LogP contribution in [0, 0.1) is 13.8 Å². The number of carbonyl (C=O) groups excluding carboxylic acids is 1. The molecular formula is C21H28N4O3. The number of hydrogen-bond acceptors (Lipinski definition) is 4. The Morgan fingerprint density at radius 1 is 1.25 bits per heavy atom. The molecule has 2 aromatic rings. The standard InChI is InChI=1S/C21H28N4O3/c1-4-24(13-21(27)28)18-10-16(11-18)22-20(26)12-19-14(2)23-25(15(19)3)17-8-6-5-7-9-17/h5-9,16,18H,4,10-13H2,1-3H3,(H,22,26)(H,27,28). The van der Waals surface area contributed by atoms with Gasteiger partial charge in [-0.3, -0.25) is 14.5 Å². The zero-order chi connectivity index (χ0) is 20.3. The fourth-order valence-corrected chi connectivity index (χ4v) is 3.87. The summed E-state index contributed by atoms with van der Waals surface area (Å²) in [5.41, 5.74) is 3.78. The molecule has 7 nitrogen and oxygen atoms in total. The molecule has 0 saturated heterocycles. The number of aromatic nitrogens is 2. The van der Waals surface area contributed by atoms with Gasteiger partial charge in [0, 0.05) is 23.3 Å². The summed E-state index contributed by atoms with van der Waals surface area (Å²) in [7, 11) is 0. The number of nitrogens with zero attached hydrogens (tertiary/aromatic N) is 3. The fourth-order valence-electron chi connectivity index (χ4n) is 3.87. The second-order valence-electron chi connectivity index (χ2n) is 7.42. The van der Waals surface area contributed by atoms with E-state index in [1.807, 2.05) is 60.7 Å². The smallest absolute Gasteiger partial charge is 0.317 e. The highest BCUT2D eigenvalue weighted by Crippen LogP contribution is 2.26. The molecule has 1 aromatic heterocycles. The van der Waals surface area contributed by atoms with Gasteiger partial charge in [0.15, 0.2) is 0 Å². The van der Waals surface area contributed by atoms with Crippen molar-refractivity contribution in [1.29, 1.82) is 0 Å². The van der Waals surface area contributed by atoms with Crippen LogP contribution in [0.2, 0.25) is 0 Å². The minimum absolute atomic E-state index is 0.0106. The van der Waals surface area contributed by atoms with Gasteiger partial charge in [0.05, 0.1) is 24.3 Å². The van der Waals surface area contributed by atoms with Crippen LogP contribution in [0.1, 0.15) is 36.7 Å². The second-order valence-corrected chi connectivity index (χ2v) is 7.42. The quantitative estimate of drug-likeness (QED) is 0.728. The lowest BCUT2D eigenvalue weighted by molar-refractivity contribution is -0.139. The first-order valence-electron chi connectivity index (χ1n) is 9.74. The highest BCUT2D eigenvalue weighted by molar-refractivity contribution is 5.79. The van der Waals surface area contributed by atoms with Crippen LogP contribution < -0.4 is 5.32 Å². The molecule has 0 spiro atoms. The third kappa shape index (κ3) is 4.42. The van der Waals surface area contributed by atoms with E-state index in [1.54, 1.807) is 0 Å². The Bertz CT molecular complexity index is 841. The maximum atomic E-state index is 12.5. The molecule has 0 aliphatic heterocycles. The molecule has 1 aliphatic rings. The van der Waals surface area contributed by atoms with Gasteiger partial charge >= 0.3 is 5.97 Å². The van der Waals surface area contributed by atoms with Crippen molar-refractivity contribution in [1.82, 2.24) is 20.0 Å². The number of likely N-dealkylation sites (N-methyl/N-ethyl adjacent to an activating group) is 1. The number of carbonyl (C=O) groups is 2. The number of aryl methyl sites for hydroxylation is 1. The van der Waals surface area contributed by atoms with Gasteiger partial charge in [-0.15, -0.1) is 0 Å². The van der Waals surface area contributed by atoms with E-state index in [-0.39, 0.29) is 24.5 Å². The number of amides is 1. The highest BCUT2D eigenvalue weighted by atomic mass is 16.4. The van der Waals surface area contributed by atoms with Crippen LogP contribution in [0.3, 0.4) is 0 Å². The van der Waals surface area contributed by atoms with Crippen molar-refractivity contribution < 1.29 is 14.7 Å². The molecule has 1 saturated carbocycles. The molecule has 3 rings (SSSR count). The van der Waals surface area contributed by atoms with Crippen molar-refractivity contribution in [3.05, 3.63) is 47.3 Å². The average molecular weight is 384 g/mol. The van der Waals surface area contributed by atoms with Gasteiger partial charge in [-0.2, -0.15) is 5.10 Å². The van der Waals surface area contributed by atoms with Crippen molar-refractivity contribution in [2.45, 2.75) is 52.1 Å². The Balaban J connectivity index is 1.57. The molecule has 0 unspecified atom stereocenters. The predicted octanol–water partition coefficient (Wildman–Crippen LogP) is 2.09. The van der Waals surface area contributed by atoms with E-state index in [0.29, 0.717) is 13.0 Å². The number of carboxylic acid groups (broad SMARTS) is 1. The van der Waals surface area contributed by atoms with Crippen molar-refractivity contribution in [2.24, 2.45) is 0 Å². The van der Waals surface area contributed by atoms with E-state index < -0.39 is 5.97 Å². The summed E-state index contributed by atoms with van der Waals surface area (Å²) in [5, 5.41) is 16.7. The van der Waals surface area contributed by atoms with Gasteiger partial charge in [0.1, 0.15) is 0 Å². The molecule has 1 aliphatic carbocycles. The van der Waals surface area contributed by atoms with E-state index in [4.69, 9.17) is 5.11 Å². The topological polar surface area (TPSA) is 87.5 Å². The largest absolute Gasteiger partial charge is 0.480 e. The molecule has 150 valence electrons. The van der Waals surface area contributed by atoms with E-state index >= 15 is 0 Å². The van der Waals surface area contributed by atoms with E-state index in [2.05, 4.69) is 10.4 Å². The van der Waals surface area contributed by atoms with Crippen LogP contribution in [-0.4, -0.2) is 56.8 Å². The first-order valence-corrected chi connectivity index (χ1v) is 9.74. The Labute approximate surface area is 165 Å². The Morgan fingerprint density at radius 3 is 2.54 bits per heavy atom. The molecule has 1 amide bonds. The normalized spacial score (nSPS) is 18.7. The summed E-state index contributed by atoms with van der Waals surface area (Å²) < 4.78 is 1.88. The molecule has 7 heteroatoms. The lowest BCUT2D eigenvalue weighted by Crippen LogP contribution is -2.55. The summed E-state index contributed by atoms with van der Waals surface area (Å²) in [6.07, 6.45) is 1.90. The SMILES string of the molecule is CCN(CC(=O)O)C1CC(NC(=O)Cc2c(C)nn(-c3ccccc3)c2C)C1. The van der Waals surface area contributed by atoms with Crippen LogP contribution in [0.25, 0.3) is 5.69 Å². The van der Waals surface area contributed by atoms with Gasteiger partial charge in [0.25, 0.3) is 0 Å². The van der Waals surface area contributed by atoms with Crippen molar-refractivity contribution >= 4 is 11.9 Å². The third-order valence-electron chi connectivity index (χ3n) is 5.52. The Kier molecular flexibility index (Phi) is 6.14. The van der Waals surface area contributed by atoms with E-state index in [0.717, 1.165) is 35.5 Å². The molecule has 1 heterocycles. The Morgan fingerprint density at radius 2 is 1.93 bits per heavy atom. The van der Waals surface area contributed by atoms with Crippen LogP contribution >= 0.6 is 0 Å². The van der Waals surface area contributed by atoms with Crippen LogP contribution in [0.15, 0.2) is 30.3 Å². The van der Waals surface area contributed by atoms with E-state index in [1.165, 1.54) is 0 Å². The lowest BCUT2D eigenvalue weighted by atomic mass is 9.85. The van der Waals surface area contributed by atoms with Crippen molar-refractivity contribution in [3.63, 3.8) is 0 Å². The first kappa shape index (κ1) is 20.1. The number of rotatable bonds is 8. The summed E-state index contributed by atoms with van der Waals surface area (Å²) in [6, 6.07) is 10.2. The Hall–Kier alpha value is -2.67. The second kappa shape index (κ2) is 8.56. The zero-order valence-corrected chi connectivity index (χ0v) is 16.7. The third-order valence-corrected chi connectivity index (χ3v) is 5.52. The maximum Gasteiger partial charge on any atom is 0.317 e. The number of para-hydroxylation sites is 1. The van der Waals surface area contributed by atoms with Gasteiger partial charge in [-0.1, -0.05) is 25.1 Å². The molecule has 0 bridgehead atoms. The molecule has 0 radical (unpaired) electrons.